The third-order valence-corrected chi connectivity index (χ3v) is 4.82. The fraction of sp³-hybridized carbons (Fsp3) is 0.136. The minimum atomic E-state index is -0.726. The molecule has 0 radical (unpaired) electrons. The maximum absolute atomic E-state index is 12.4. The van der Waals surface area contributed by atoms with E-state index in [1.165, 1.54) is 11.9 Å². The number of nitrogens with zero attached hydrogens (tertiary/aromatic N) is 2. The Kier molecular flexibility index (Phi) is 5.29. The lowest BCUT2D eigenvalue weighted by atomic mass is 10.1. The van der Waals surface area contributed by atoms with Gasteiger partial charge in [0.2, 0.25) is 12.1 Å². The molecule has 0 saturated carbocycles. The minimum Gasteiger partial charge on any atom is -0.456 e. The average molecular weight is 424 g/mol. The SMILES string of the molecule is CC(=O)N1N=C(c2ccc(C)o2)OC1c1ccc(NC(=O)c2ccccc2Cl)cc1. The fourth-order valence-electron chi connectivity index (χ4n) is 3.01. The zero-order valence-electron chi connectivity index (χ0n) is 16.3. The van der Waals surface area contributed by atoms with E-state index in [4.69, 9.17) is 20.8 Å². The number of halogens is 1. The Hall–Kier alpha value is -3.58. The standard InChI is InChI=1S/C22H18ClN3O4/c1-13-7-12-19(29-13)21-25-26(14(2)27)22(30-21)15-8-10-16(11-9-15)24-20(28)17-5-3-4-6-18(17)23/h3-12,22H,1-2H3,(H,24,28). The quantitative estimate of drug-likeness (QED) is 0.657. The van der Waals surface area contributed by atoms with Crippen molar-refractivity contribution in [3.05, 3.63) is 88.3 Å². The van der Waals surface area contributed by atoms with Crippen LogP contribution in [0.5, 0.6) is 0 Å². The van der Waals surface area contributed by atoms with Crippen LogP contribution in [0.1, 0.15) is 40.6 Å². The first kappa shape index (κ1) is 19.7. The summed E-state index contributed by atoms with van der Waals surface area (Å²) in [5.41, 5.74) is 1.67. The zero-order valence-corrected chi connectivity index (χ0v) is 17.0. The summed E-state index contributed by atoms with van der Waals surface area (Å²) >= 11 is 6.07. The first-order chi connectivity index (χ1) is 14.4. The van der Waals surface area contributed by atoms with Gasteiger partial charge >= 0.3 is 0 Å². The third kappa shape index (κ3) is 3.92. The van der Waals surface area contributed by atoms with Crippen molar-refractivity contribution in [3.8, 4) is 0 Å². The van der Waals surface area contributed by atoms with Gasteiger partial charge in [0.05, 0.1) is 10.6 Å². The number of carbonyl (C=O) groups excluding carboxylic acids is 2. The van der Waals surface area contributed by atoms with Crippen LogP contribution >= 0.6 is 11.6 Å². The molecule has 3 aromatic rings. The molecule has 7 nitrogen and oxygen atoms in total. The maximum atomic E-state index is 12.4. The second-order valence-electron chi connectivity index (χ2n) is 6.71. The lowest BCUT2D eigenvalue weighted by Crippen LogP contribution is -2.25. The van der Waals surface area contributed by atoms with Gasteiger partial charge < -0.3 is 14.5 Å². The lowest BCUT2D eigenvalue weighted by Gasteiger charge is -2.19. The van der Waals surface area contributed by atoms with E-state index >= 15 is 0 Å². The van der Waals surface area contributed by atoms with Crippen LogP contribution in [0.2, 0.25) is 5.02 Å². The molecule has 4 rings (SSSR count). The number of carbonyl (C=O) groups is 2. The van der Waals surface area contributed by atoms with Gasteiger partial charge in [0.15, 0.2) is 5.76 Å². The summed E-state index contributed by atoms with van der Waals surface area (Å²) in [7, 11) is 0. The van der Waals surface area contributed by atoms with Gasteiger partial charge in [0.25, 0.3) is 11.8 Å². The van der Waals surface area contributed by atoms with Crippen LogP contribution in [0.15, 0.2) is 70.2 Å². The number of anilines is 1. The number of amides is 2. The van der Waals surface area contributed by atoms with Crippen molar-refractivity contribution in [3.63, 3.8) is 0 Å². The summed E-state index contributed by atoms with van der Waals surface area (Å²) in [5.74, 6) is 0.820. The molecule has 0 fully saturated rings. The maximum Gasteiger partial charge on any atom is 0.277 e. The lowest BCUT2D eigenvalue weighted by molar-refractivity contribution is -0.135. The Morgan fingerprint density at radius 3 is 2.43 bits per heavy atom. The number of hydrogen-bond donors (Lipinski definition) is 1. The Bertz CT molecular complexity index is 1140. The molecule has 1 aromatic heterocycles. The number of hydrogen-bond acceptors (Lipinski definition) is 5. The van der Waals surface area contributed by atoms with Gasteiger partial charge in [-0.05, 0) is 43.3 Å². The smallest absolute Gasteiger partial charge is 0.277 e. The van der Waals surface area contributed by atoms with E-state index in [-0.39, 0.29) is 17.7 Å². The van der Waals surface area contributed by atoms with E-state index in [2.05, 4.69) is 10.4 Å². The summed E-state index contributed by atoms with van der Waals surface area (Å²) in [4.78, 5) is 24.5. The number of rotatable bonds is 4. The van der Waals surface area contributed by atoms with Crippen molar-refractivity contribution < 1.29 is 18.7 Å². The van der Waals surface area contributed by atoms with E-state index in [0.29, 0.717) is 33.4 Å². The number of furan rings is 1. The van der Waals surface area contributed by atoms with Gasteiger partial charge in [-0.25, -0.2) is 0 Å². The van der Waals surface area contributed by atoms with E-state index in [0.717, 1.165) is 0 Å². The Balaban J connectivity index is 1.51. The van der Waals surface area contributed by atoms with E-state index in [1.807, 2.05) is 6.92 Å². The molecule has 2 heterocycles. The highest BCUT2D eigenvalue weighted by Gasteiger charge is 2.34. The van der Waals surface area contributed by atoms with E-state index in [1.54, 1.807) is 60.7 Å². The molecule has 1 aliphatic rings. The third-order valence-electron chi connectivity index (χ3n) is 4.49. The Morgan fingerprint density at radius 2 is 1.80 bits per heavy atom. The largest absolute Gasteiger partial charge is 0.456 e. The molecule has 152 valence electrons. The summed E-state index contributed by atoms with van der Waals surface area (Å²) < 4.78 is 11.4. The summed E-state index contributed by atoms with van der Waals surface area (Å²) in [6.45, 7) is 3.23. The highest BCUT2D eigenvalue weighted by atomic mass is 35.5. The van der Waals surface area contributed by atoms with Gasteiger partial charge in [-0.2, -0.15) is 5.01 Å². The van der Waals surface area contributed by atoms with Gasteiger partial charge in [-0.15, -0.1) is 5.10 Å². The molecule has 1 atom stereocenters. The Morgan fingerprint density at radius 1 is 1.07 bits per heavy atom. The number of hydrazone groups is 1. The highest BCUT2D eigenvalue weighted by Crippen LogP contribution is 2.31. The van der Waals surface area contributed by atoms with Crippen molar-refractivity contribution in [1.82, 2.24) is 5.01 Å². The van der Waals surface area contributed by atoms with Crippen LogP contribution in [-0.2, 0) is 9.53 Å². The minimum absolute atomic E-state index is 0.236. The predicted molar refractivity (Wildman–Crippen MR) is 112 cm³/mol. The monoisotopic (exact) mass is 423 g/mol. The number of ether oxygens (including phenoxy) is 1. The van der Waals surface area contributed by atoms with Crippen LogP contribution in [0.3, 0.4) is 0 Å². The fourth-order valence-corrected chi connectivity index (χ4v) is 3.23. The number of benzene rings is 2. The topological polar surface area (TPSA) is 84.1 Å². The van der Waals surface area contributed by atoms with Crippen LogP contribution in [0.4, 0.5) is 5.69 Å². The van der Waals surface area contributed by atoms with Gasteiger partial charge in [-0.3, -0.25) is 9.59 Å². The first-order valence-electron chi connectivity index (χ1n) is 9.20. The molecule has 2 amide bonds. The molecule has 8 heteroatoms. The number of aryl methyl sites for hydroxylation is 1. The van der Waals surface area contributed by atoms with Crippen molar-refractivity contribution in [2.75, 3.05) is 5.32 Å². The molecule has 0 saturated heterocycles. The Labute approximate surface area is 177 Å². The van der Waals surface area contributed by atoms with Crippen LogP contribution in [0.25, 0.3) is 0 Å². The highest BCUT2D eigenvalue weighted by molar-refractivity contribution is 6.34. The number of nitrogens with one attached hydrogen (secondary N) is 1. The molecule has 0 spiro atoms. The van der Waals surface area contributed by atoms with Gasteiger partial charge in [0.1, 0.15) is 5.76 Å². The van der Waals surface area contributed by atoms with Gasteiger partial charge in [-0.1, -0.05) is 35.9 Å². The first-order valence-corrected chi connectivity index (χ1v) is 9.58. The van der Waals surface area contributed by atoms with Crippen LogP contribution in [-0.4, -0.2) is 22.7 Å². The molecule has 1 N–H and O–H groups in total. The van der Waals surface area contributed by atoms with Gasteiger partial charge in [0, 0.05) is 18.2 Å². The van der Waals surface area contributed by atoms with Crippen LogP contribution in [0, 0.1) is 6.92 Å². The van der Waals surface area contributed by atoms with Crippen molar-refractivity contribution in [2.45, 2.75) is 20.1 Å². The van der Waals surface area contributed by atoms with E-state index < -0.39 is 6.23 Å². The van der Waals surface area contributed by atoms with Crippen molar-refractivity contribution >= 4 is 35.0 Å². The van der Waals surface area contributed by atoms with Crippen molar-refractivity contribution in [2.24, 2.45) is 5.10 Å². The normalized spacial score (nSPS) is 15.5. The predicted octanol–water partition coefficient (Wildman–Crippen LogP) is 4.73. The molecule has 1 aliphatic heterocycles. The van der Waals surface area contributed by atoms with Crippen LogP contribution < -0.4 is 5.32 Å². The second kappa shape index (κ2) is 8.04. The molecule has 30 heavy (non-hydrogen) atoms. The summed E-state index contributed by atoms with van der Waals surface area (Å²) in [6.07, 6.45) is -0.726. The summed E-state index contributed by atoms with van der Waals surface area (Å²) in [6, 6.07) is 17.3. The molecular formula is C22H18ClN3O4. The van der Waals surface area contributed by atoms with E-state index in [9.17, 15) is 9.59 Å². The molecular weight excluding hydrogens is 406 g/mol. The van der Waals surface area contributed by atoms with Crippen molar-refractivity contribution in [1.29, 1.82) is 0 Å². The molecule has 0 bridgehead atoms. The summed E-state index contributed by atoms with van der Waals surface area (Å²) in [5, 5.41) is 8.68. The molecule has 2 aromatic carbocycles. The second-order valence-corrected chi connectivity index (χ2v) is 7.11. The molecule has 0 aliphatic carbocycles. The zero-order chi connectivity index (χ0) is 21.3. The average Bonchev–Trinajstić information content (AvgIpc) is 3.35. The molecule has 1 unspecified atom stereocenters.